The van der Waals surface area contributed by atoms with Crippen LogP contribution in [-0.4, -0.2) is 12.1 Å². The van der Waals surface area contributed by atoms with Gasteiger partial charge in [-0.15, -0.1) is 0 Å². The summed E-state index contributed by atoms with van der Waals surface area (Å²) < 4.78 is 5.17. The first kappa shape index (κ1) is 11.3. The van der Waals surface area contributed by atoms with Gasteiger partial charge in [0, 0.05) is 6.42 Å². The molecule has 1 fully saturated rings. The predicted octanol–water partition coefficient (Wildman–Crippen LogP) is 3.22. The summed E-state index contributed by atoms with van der Waals surface area (Å²) in [6.07, 6.45) is 11.7. The molecule has 1 atom stereocenters. The molecule has 1 heterocycles. The van der Waals surface area contributed by atoms with Crippen LogP contribution in [0, 0.1) is 0 Å². The molecule has 2 nitrogen and oxygen atoms in total. The SMILES string of the molecule is CCCCC/C=C\C1CCCC(=O)O1. The Morgan fingerprint density at radius 1 is 1.50 bits per heavy atom. The van der Waals surface area contributed by atoms with Crippen LogP contribution in [0.1, 0.15) is 51.9 Å². The maximum Gasteiger partial charge on any atom is 0.306 e. The highest BCUT2D eigenvalue weighted by Crippen LogP contribution is 2.15. The smallest absolute Gasteiger partial charge is 0.306 e. The number of allylic oxidation sites excluding steroid dienone is 1. The first-order valence-electron chi connectivity index (χ1n) is 5.69. The number of esters is 1. The van der Waals surface area contributed by atoms with Crippen molar-refractivity contribution in [1.29, 1.82) is 0 Å². The second-order valence-electron chi connectivity index (χ2n) is 3.84. The summed E-state index contributed by atoms with van der Waals surface area (Å²) in [6, 6.07) is 0. The van der Waals surface area contributed by atoms with E-state index in [9.17, 15) is 4.79 Å². The van der Waals surface area contributed by atoms with E-state index >= 15 is 0 Å². The zero-order chi connectivity index (χ0) is 10.2. The molecule has 0 aliphatic carbocycles. The predicted molar refractivity (Wildman–Crippen MR) is 57.0 cm³/mol. The van der Waals surface area contributed by atoms with E-state index in [2.05, 4.69) is 13.0 Å². The van der Waals surface area contributed by atoms with Crippen molar-refractivity contribution in [2.24, 2.45) is 0 Å². The number of cyclic esters (lactones) is 1. The molecule has 80 valence electrons. The Hall–Kier alpha value is -0.790. The molecule has 0 spiro atoms. The van der Waals surface area contributed by atoms with Gasteiger partial charge in [0.15, 0.2) is 0 Å². The van der Waals surface area contributed by atoms with Crippen LogP contribution in [0.3, 0.4) is 0 Å². The molecule has 0 aromatic carbocycles. The van der Waals surface area contributed by atoms with Crippen molar-refractivity contribution >= 4 is 5.97 Å². The van der Waals surface area contributed by atoms with E-state index in [1.54, 1.807) is 0 Å². The lowest BCUT2D eigenvalue weighted by molar-refractivity contribution is -0.150. The molecule has 1 rings (SSSR count). The van der Waals surface area contributed by atoms with Crippen molar-refractivity contribution in [3.8, 4) is 0 Å². The van der Waals surface area contributed by atoms with Crippen LogP contribution in [0.5, 0.6) is 0 Å². The van der Waals surface area contributed by atoms with Crippen LogP contribution in [-0.2, 0) is 9.53 Å². The minimum atomic E-state index is -0.0422. The maximum atomic E-state index is 11.0. The zero-order valence-electron chi connectivity index (χ0n) is 9.00. The molecular formula is C12H20O2. The number of rotatable bonds is 5. The summed E-state index contributed by atoms with van der Waals surface area (Å²) in [5.41, 5.74) is 0. The Balaban J connectivity index is 2.12. The summed E-state index contributed by atoms with van der Waals surface area (Å²) in [6.45, 7) is 2.20. The van der Waals surface area contributed by atoms with E-state index in [0.29, 0.717) is 6.42 Å². The highest BCUT2D eigenvalue weighted by Gasteiger charge is 2.16. The minimum absolute atomic E-state index is 0.0422. The van der Waals surface area contributed by atoms with E-state index in [4.69, 9.17) is 4.74 Å². The van der Waals surface area contributed by atoms with Gasteiger partial charge >= 0.3 is 5.97 Å². The van der Waals surface area contributed by atoms with Crippen molar-refractivity contribution in [3.05, 3.63) is 12.2 Å². The third-order valence-corrected chi connectivity index (χ3v) is 2.48. The van der Waals surface area contributed by atoms with Gasteiger partial charge in [-0.1, -0.05) is 25.8 Å². The Morgan fingerprint density at radius 2 is 2.36 bits per heavy atom. The second-order valence-corrected chi connectivity index (χ2v) is 3.84. The van der Waals surface area contributed by atoms with E-state index in [-0.39, 0.29) is 12.1 Å². The van der Waals surface area contributed by atoms with Crippen LogP contribution >= 0.6 is 0 Å². The van der Waals surface area contributed by atoms with Crippen molar-refractivity contribution in [2.45, 2.75) is 58.0 Å². The van der Waals surface area contributed by atoms with E-state index < -0.39 is 0 Å². The molecule has 0 amide bonds. The minimum Gasteiger partial charge on any atom is -0.458 e. The quantitative estimate of drug-likeness (QED) is 0.383. The Labute approximate surface area is 86.3 Å². The van der Waals surface area contributed by atoms with Crippen LogP contribution in [0.25, 0.3) is 0 Å². The molecule has 1 aliphatic rings. The molecule has 0 bridgehead atoms. The Bertz CT molecular complexity index is 196. The van der Waals surface area contributed by atoms with Crippen molar-refractivity contribution in [1.82, 2.24) is 0 Å². The number of carbonyl (C=O) groups excluding carboxylic acids is 1. The van der Waals surface area contributed by atoms with Crippen LogP contribution in [0.4, 0.5) is 0 Å². The fraction of sp³-hybridized carbons (Fsp3) is 0.750. The molecule has 1 saturated heterocycles. The normalized spacial score (nSPS) is 22.6. The third kappa shape index (κ3) is 4.45. The first-order valence-corrected chi connectivity index (χ1v) is 5.69. The van der Waals surface area contributed by atoms with E-state index in [1.165, 1.54) is 19.3 Å². The highest BCUT2D eigenvalue weighted by atomic mass is 16.5. The lowest BCUT2D eigenvalue weighted by Gasteiger charge is -2.18. The van der Waals surface area contributed by atoms with E-state index in [1.807, 2.05) is 6.08 Å². The monoisotopic (exact) mass is 196 g/mol. The van der Waals surface area contributed by atoms with Crippen molar-refractivity contribution < 1.29 is 9.53 Å². The number of unbranched alkanes of at least 4 members (excludes halogenated alkanes) is 3. The topological polar surface area (TPSA) is 26.3 Å². The van der Waals surface area contributed by atoms with Gasteiger partial charge in [0.1, 0.15) is 6.10 Å². The molecule has 1 aliphatic heterocycles. The van der Waals surface area contributed by atoms with E-state index in [0.717, 1.165) is 19.3 Å². The van der Waals surface area contributed by atoms with Crippen LogP contribution in [0.15, 0.2) is 12.2 Å². The number of hydrogen-bond donors (Lipinski definition) is 0. The molecule has 0 aromatic heterocycles. The number of ether oxygens (including phenoxy) is 1. The summed E-state index contributed by atoms with van der Waals surface area (Å²) in [5.74, 6) is -0.0422. The Kier molecular flexibility index (Phi) is 5.35. The summed E-state index contributed by atoms with van der Waals surface area (Å²) >= 11 is 0. The van der Waals surface area contributed by atoms with Gasteiger partial charge in [0.2, 0.25) is 0 Å². The molecule has 14 heavy (non-hydrogen) atoms. The molecule has 1 unspecified atom stereocenters. The van der Waals surface area contributed by atoms with Gasteiger partial charge in [-0.3, -0.25) is 4.79 Å². The largest absolute Gasteiger partial charge is 0.458 e. The van der Waals surface area contributed by atoms with Gasteiger partial charge in [0.25, 0.3) is 0 Å². The lowest BCUT2D eigenvalue weighted by Crippen LogP contribution is -2.21. The molecule has 0 aromatic rings. The standard InChI is InChI=1S/C12H20O2/c1-2-3-4-5-6-8-11-9-7-10-12(13)14-11/h6,8,11H,2-5,7,9-10H2,1H3/b8-6-. The average Bonchev–Trinajstić information content (AvgIpc) is 2.18. The number of hydrogen-bond acceptors (Lipinski definition) is 2. The number of carbonyl (C=O) groups is 1. The van der Waals surface area contributed by atoms with Gasteiger partial charge in [-0.2, -0.15) is 0 Å². The van der Waals surface area contributed by atoms with Gasteiger partial charge < -0.3 is 4.74 Å². The molecular weight excluding hydrogens is 176 g/mol. The average molecular weight is 196 g/mol. The van der Waals surface area contributed by atoms with Crippen LogP contribution < -0.4 is 0 Å². The van der Waals surface area contributed by atoms with Crippen LogP contribution in [0.2, 0.25) is 0 Å². The van der Waals surface area contributed by atoms with Gasteiger partial charge in [-0.25, -0.2) is 0 Å². The van der Waals surface area contributed by atoms with Gasteiger partial charge in [-0.05, 0) is 31.8 Å². The molecule has 2 heteroatoms. The summed E-state index contributed by atoms with van der Waals surface area (Å²) in [7, 11) is 0. The highest BCUT2D eigenvalue weighted by molar-refractivity contribution is 5.70. The van der Waals surface area contributed by atoms with Crippen molar-refractivity contribution in [2.75, 3.05) is 0 Å². The van der Waals surface area contributed by atoms with Crippen molar-refractivity contribution in [3.63, 3.8) is 0 Å². The second kappa shape index (κ2) is 6.63. The lowest BCUT2D eigenvalue weighted by atomic mass is 10.1. The summed E-state index contributed by atoms with van der Waals surface area (Å²) in [5, 5.41) is 0. The fourth-order valence-corrected chi connectivity index (χ4v) is 1.63. The molecule has 0 radical (unpaired) electrons. The third-order valence-electron chi connectivity index (χ3n) is 2.48. The zero-order valence-corrected chi connectivity index (χ0v) is 9.00. The Morgan fingerprint density at radius 3 is 3.07 bits per heavy atom. The fourth-order valence-electron chi connectivity index (χ4n) is 1.63. The van der Waals surface area contributed by atoms with Gasteiger partial charge in [0.05, 0.1) is 0 Å². The molecule has 0 saturated carbocycles. The summed E-state index contributed by atoms with van der Waals surface area (Å²) in [4.78, 5) is 11.0. The maximum absolute atomic E-state index is 11.0. The molecule has 0 N–H and O–H groups in total. The first-order chi connectivity index (χ1) is 6.83.